The molecule has 1 saturated heterocycles. The molecule has 1 aliphatic rings. The lowest BCUT2D eigenvalue weighted by Gasteiger charge is -2.32. The first-order valence-corrected chi connectivity index (χ1v) is 10.4. The Balaban J connectivity index is 1.83. The van der Waals surface area contributed by atoms with Crippen LogP contribution >= 0.6 is 0 Å². The second kappa shape index (κ2) is 12.4. The zero-order chi connectivity index (χ0) is 20.2. The molecule has 7 nitrogen and oxygen atoms in total. The van der Waals surface area contributed by atoms with Crippen molar-refractivity contribution in [3.63, 3.8) is 0 Å². The minimum absolute atomic E-state index is 0.0277. The van der Waals surface area contributed by atoms with Gasteiger partial charge in [-0.1, -0.05) is 31.2 Å². The highest BCUT2D eigenvalue weighted by Gasteiger charge is 2.21. The number of guanidine groups is 1. The number of aliphatic hydroxyl groups excluding tert-OH is 1. The van der Waals surface area contributed by atoms with Gasteiger partial charge in [-0.15, -0.1) is 0 Å². The maximum absolute atomic E-state index is 11.9. The Morgan fingerprint density at radius 1 is 1.18 bits per heavy atom. The maximum Gasteiger partial charge on any atom is 0.234 e. The number of hydrogen-bond donors (Lipinski definition) is 4. The van der Waals surface area contributed by atoms with Crippen LogP contribution in [0.1, 0.15) is 44.2 Å². The maximum atomic E-state index is 11.9. The average Bonchev–Trinajstić information content (AvgIpc) is 2.72. The first-order valence-electron chi connectivity index (χ1n) is 10.4. The molecule has 2 rings (SSSR count). The summed E-state index contributed by atoms with van der Waals surface area (Å²) in [5.41, 5.74) is 1.95. The van der Waals surface area contributed by atoms with Gasteiger partial charge in [0, 0.05) is 32.2 Å². The van der Waals surface area contributed by atoms with Crippen LogP contribution in [0, 0.1) is 0 Å². The van der Waals surface area contributed by atoms with Crippen molar-refractivity contribution in [1.29, 1.82) is 0 Å². The lowest BCUT2D eigenvalue weighted by molar-refractivity contribution is -0.122. The number of aliphatic imine (C=N–C) groups is 1. The van der Waals surface area contributed by atoms with Crippen LogP contribution in [-0.4, -0.2) is 60.6 Å². The quantitative estimate of drug-likeness (QED) is 0.377. The predicted molar refractivity (Wildman–Crippen MR) is 113 cm³/mol. The number of aliphatic hydroxyl groups is 1. The number of likely N-dealkylation sites (tertiary alicyclic amines) is 1. The van der Waals surface area contributed by atoms with E-state index in [1.807, 2.05) is 24.3 Å². The lowest BCUT2D eigenvalue weighted by atomic mass is 10.1. The number of nitrogens with one attached hydrogen (secondary N) is 3. The largest absolute Gasteiger partial charge is 0.392 e. The molecule has 0 bridgehead atoms. The number of carbonyl (C=O) groups is 1. The van der Waals surface area contributed by atoms with Gasteiger partial charge in [0.1, 0.15) is 0 Å². The van der Waals surface area contributed by atoms with Crippen LogP contribution in [-0.2, 0) is 17.9 Å². The van der Waals surface area contributed by atoms with E-state index in [9.17, 15) is 9.90 Å². The van der Waals surface area contributed by atoms with Crippen LogP contribution in [0.15, 0.2) is 29.3 Å². The van der Waals surface area contributed by atoms with E-state index in [4.69, 9.17) is 4.99 Å². The summed E-state index contributed by atoms with van der Waals surface area (Å²) in [7, 11) is 0. The Morgan fingerprint density at radius 3 is 2.54 bits per heavy atom. The highest BCUT2D eigenvalue weighted by molar-refractivity contribution is 5.80. The molecule has 0 saturated carbocycles. The number of benzene rings is 1. The molecule has 1 heterocycles. The average molecular weight is 390 g/mol. The first-order chi connectivity index (χ1) is 13.7. The summed E-state index contributed by atoms with van der Waals surface area (Å²) < 4.78 is 0. The number of nitrogens with zero attached hydrogens (tertiary/aromatic N) is 2. The summed E-state index contributed by atoms with van der Waals surface area (Å²) in [5, 5.41) is 19.2. The molecule has 1 fully saturated rings. The molecule has 1 aromatic rings. The fraction of sp³-hybridized carbons (Fsp3) is 0.619. The Bertz CT molecular complexity index is 627. The second-order valence-electron chi connectivity index (χ2n) is 7.17. The fourth-order valence-corrected chi connectivity index (χ4v) is 3.30. The molecule has 0 radical (unpaired) electrons. The molecule has 1 aromatic carbocycles. The summed E-state index contributed by atoms with van der Waals surface area (Å²) in [6.07, 6.45) is 2.93. The lowest BCUT2D eigenvalue weighted by Crippen LogP contribution is -2.50. The standard InChI is InChI=1S/C21H35N5O2/c1-3-11-23-20(28)15-26-12-9-19(10-13-26)25-21(22-4-2)24-14-17-7-5-6-8-18(17)16-27/h5-8,19,27H,3-4,9-16H2,1-2H3,(H,23,28)(H2,22,24,25). The Morgan fingerprint density at radius 2 is 1.89 bits per heavy atom. The van der Waals surface area contributed by atoms with E-state index in [-0.39, 0.29) is 12.5 Å². The second-order valence-corrected chi connectivity index (χ2v) is 7.17. The molecular weight excluding hydrogens is 354 g/mol. The number of rotatable bonds is 9. The van der Waals surface area contributed by atoms with Gasteiger partial charge >= 0.3 is 0 Å². The molecule has 4 N–H and O–H groups in total. The summed E-state index contributed by atoms with van der Waals surface area (Å²) in [6.45, 7) is 8.51. The van der Waals surface area contributed by atoms with E-state index in [2.05, 4.69) is 34.7 Å². The van der Waals surface area contributed by atoms with Crippen molar-refractivity contribution in [2.24, 2.45) is 4.99 Å². The van der Waals surface area contributed by atoms with Crippen LogP contribution < -0.4 is 16.0 Å². The van der Waals surface area contributed by atoms with Crippen molar-refractivity contribution in [2.45, 2.75) is 52.3 Å². The molecule has 7 heteroatoms. The van der Waals surface area contributed by atoms with Crippen molar-refractivity contribution in [2.75, 3.05) is 32.7 Å². The van der Waals surface area contributed by atoms with E-state index in [0.717, 1.165) is 62.5 Å². The van der Waals surface area contributed by atoms with Crippen molar-refractivity contribution in [1.82, 2.24) is 20.9 Å². The first kappa shape index (κ1) is 22.2. The summed E-state index contributed by atoms with van der Waals surface area (Å²) in [4.78, 5) is 18.8. The third-order valence-electron chi connectivity index (χ3n) is 4.91. The van der Waals surface area contributed by atoms with Gasteiger partial charge in [-0.3, -0.25) is 9.69 Å². The van der Waals surface area contributed by atoms with Gasteiger partial charge in [0.15, 0.2) is 5.96 Å². The number of hydrogen-bond acceptors (Lipinski definition) is 4. The molecule has 0 aromatic heterocycles. The highest BCUT2D eigenvalue weighted by Crippen LogP contribution is 2.11. The molecule has 0 spiro atoms. The van der Waals surface area contributed by atoms with Gasteiger partial charge in [-0.2, -0.15) is 0 Å². The van der Waals surface area contributed by atoms with Crippen molar-refractivity contribution >= 4 is 11.9 Å². The SMILES string of the molecule is CCCNC(=O)CN1CCC(NC(=NCc2ccccc2CO)NCC)CC1. The van der Waals surface area contributed by atoms with Gasteiger partial charge in [0.05, 0.1) is 19.7 Å². The minimum atomic E-state index is 0.0277. The van der Waals surface area contributed by atoms with Crippen molar-refractivity contribution < 1.29 is 9.90 Å². The van der Waals surface area contributed by atoms with E-state index >= 15 is 0 Å². The van der Waals surface area contributed by atoms with E-state index < -0.39 is 0 Å². The van der Waals surface area contributed by atoms with Crippen LogP contribution in [0.4, 0.5) is 0 Å². The Kier molecular flexibility index (Phi) is 9.79. The number of piperidine rings is 1. The van der Waals surface area contributed by atoms with Crippen LogP contribution in [0.2, 0.25) is 0 Å². The summed E-state index contributed by atoms with van der Waals surface area (Å²) in [5.74, 6) is 0.917. The van der Waals surface area contributed by atoms with Crippen molar-refractivity contribution in [3.05, 3.63) is 35.4 Å². The van der Waals surface area contributed by atoms with Crippen molar-refractivity contribution in [3.8, 4) is 0 Å². The van der Waals surface area contributed by atoms with Crippen LogP contribution in [0.5, 0.6) is 0 Å². The summed E-state index contributed by atoms with van der Waals surface area (Å²) in [6, 6.07) is 8.17. The molecule has 0 atom stereocenters. The summed E-state index contributed by atoms with van der Waals surface area (Å²) >= 11 is 0. The molecule has 0 aliphatic carbocycles. The molecular formula is C21H35N5O2. The highest BCUT2D eigenvalue weighted by atomic mass is 16.3. The molecule has 1 aliphatic heterocycles. The van der Waals surface area contributed by atoms with Gasteiger partial charge in [-0.05, 0) is 37.3 Å². The molecule has 1 amide bonds. The zero-order valence-electron chi connectivity index (χ0n) is 17.2. The van der Waals surface area contributed by atoms with Gasteiger partial charge < -0.3 is 21.1 Å². The van der Waals surface area contributed by atoms with E-state index in [1.165, 1.54) is 0 Å². The fourth-order valence-electron chi connectivity index (χ4n) is 3.30. The number of carbonyl (C=O) groups excluding carboxylic acids is 1. The Labute approximate surface area is 168 Å². The van der Waals surface area contributed by atoms with Gasteiger partial charge in [-0.25, -0.2) is 4.99 Å². The normalized spacial score (nSPS) is 16.0. The molecule has 28 heavy (non-hydrogen) atoms. The monoisotopic (exact) mass is 389 g/mol. The van der Waals surface area contributed by atoms with Crippen LogP contribution in [0.25, 0.3) is 0 Å². The number of amides is 1. The predicted octanol–water partition coefficient (Wildman–Crippen LogP) is 1.22. The van der Waals surface area contributed by atoms with Gasteiger partial charge in [0.25, 0.3) is 0 Å². The molecule has 156 valence electrons. The molecule has 0 unspecified atom stereocenters. The Hall–Kier alpha value is -2.12. The topological polar surface area (TPSA) is 89.0 Å². The van der Waals surface area contributed by atoms with Gasteiger partial charge in [0.2, 0.25) is 5.91 Å². The van der Waals surface area contributed by atoms with E-state index in [1.54, 1.807) is 0 Å². The third-order valence-corrected chi connectivity index (χ3v) is 4.91. The van der Waals surface area contributed by atoms with E-state index in [0.29, 0.717) is 19.1 Å². The van der Waals surface area contributed by atoms with Crippen LogP contribution in [0.3, 0.4) is 0 Å². The smallest absolute Gasteiger partial charge is 0.234 e. The zero-order valence-corrected chi connectivity index (χ0v) is 17.2. The third kappa shape index (κ3) is 7.48. The minimum Gasteiger partial charge on any atom is -0.392 e.